The fourth-order valence-electron chi connectivity index (χ4n) is 2.10. The zero-order chi connectivity index (χ0) is 22.5. The highest BCUT2D eigenvalue weighted by molar-refractivity contribution is 7.89. The molecule has 2 N–H and O–H groups in total. The highest BCUT2D eigenvalue weighted by atomic mass is 35.5. The van der Waals surface area contributed by atoms with E-state index in [1.54, 1.807) is 0 Å². The zero-order valence-corrected chi connectivity index (χ0v) is 16.9. The Morgan fingerprint density at radius 1 is 1.23 bits per heavy atom. The summed E-state index contributed by atoms with van der Waals surface area (Å²) < 4.78 is 43.8. The Labute approximate surface area is 175 Å². The van der Waals surface area contributed by atoms with Gasteiger partial charge in [0, 0.05) is 12.1 Å². The average molecular weight is 460 g/mol. The molecule has 0 fully saturated rings. The van der Waals surface area contributed by atoms with Gasteiger partial charge in [-0.05, 0) is 37.3 Å². The molecule has 0 aliphatic rings. The molecular weight excluding hydrogens is 445 g/mol. The van der Waals surface area contributed by atoms with Crippen LogP contribution in [0.3, 0.4) is 0 Å². The van der Waals surface area contributed by atoms with E-state index < -0.39 is 45.3 Å². The van der Waals surface area contributed by atoms with Crippen LogP contribution in [0.5, 0.6) is 0 Å². The van der Waals surface area contributed by atoms with E-state index in [1.165, 1.54) is 13.0 Å². The molecule has 0 bridgehead atoms. The molecule has 1 atom stereocenters. The van der Waals surface area contributed by atoms with Crippen LogP contribution in [0.15, 0.2) is 47.4 Å². The van der Waals surface area contributed by atoms with Gasteiger partial charge in [0.1, 0.15) is 12.4 Å². The van der Waals surface area contributed by atoms with E-state index in [0.717, 1.165) is 36.4 Å². The molecule has 30 heavy (non-hydrogen) atoms. The number of hydrogen-bond acceptors (Lipinski definition) is 7. The molecule has 0 radical (unpaired) electrons. The highest BCUT2D eigenvalue weighted by Gasteiger charge is 2.22. The second-order valence-electron chi connectivity index (χ2n) is 5.82. The van der Waals surface area contributed by atoms with Crippen LogP contribution in [-0.2, 0) is 24.3 Å². The molecule has 0 aromatic heterocycles. The lowest BCUT2D eigenvalue weighted by Crippen LogP contribution is -2.35. The Morgan fingerprint density at radius 2 is 1.87 bits per heavy atom. The van der Waals surface area contributed by atoms with E-state index in [9.17, 15) is 32.5 Å². The van der Waals surface area contributed by atoms with E-state index in [-0.39, 0.29) is 21.3 Å². The summed E-state index contributed by atoms with van der Waals surface area (Å²) in [6.45, 7) is 0.469. The number of carbonyl (C=O) groups is 2. The van der Waals surface area contributed by atoms with Gasteiger partial charge in [-0.15, -0.1) is 0 Å². The largest absolute Gasteiger partial charge is 0.452 e. The third-order valence-corrected chi connectivity index (χ3v) is 5.36. The van der Waals surface area contributed by atoms with Gasteiger partial charge in [-0.2, -0.15) is 4.72 Å². The Bertz CT molecular complexity index is 1080. The molecule has 0 aliphatic heterocycles. The van der Waals surface area contributed by atoms with E-state index in [0.29, 0.717) is 0 Å². The normalized spacial score (nSPS) is 12.1. The van der Waals surface area contributed by atoms with Crippen molar-refractivity contribution < 1.29 is 32.1 Å². The standard InChI is InChI=1S/C17H15ClFN3O7S/c1-10(17(24)21-15-7-4-12(22(25)26)8-14(15)18)29-16(23)9-20-30(27,28)13-5-2-11(19)3-6-13/h2-8,10,20H,9H2,1H3,(H,21,24). The summed E-state index contributed by atoms with van der Waals surface area (Å²) >= 11 is 5.87. The van der Waals surface area contributed by atoms with Crippen LogP contribution in [0.1, 0.15) is 6.92 Å². The van der Waals surface area contributed by atoms with Crippen molar-refractivity contribution in [3.05, 3.63) is 63.4 Å². The summed E-state index contributed by atoms with van der Waals surface area (Å²) in [5, 5.41) is 12.9. The number of benzene rings is 2. The lowest BCUT2D eigenvalue weighted by atomic mass is 10.2. The van der Waals surface area contributed by atoms with Crippen LogP contribution in [0.2, 0.25) is 5.02 Å². The summed E-state index contributed by atoms with van der Waals surface area (Å²) in [6, 6.07) is 7.31. The molecule has 2 aromatic rings. The maximum Gasteiger partial charge on any atom is 0.321 e. The lowest BCUT2D eigenvalue weighted by Gasteiger charge is -2.14. The van der Waals surface area contributed by atoms with Gasteiger partial charge in [-0.1, -0.05) is 11.6 Å². The summed E-state index contributed by atoms with van der Waals surface area (Å²) in [5.74, 6) is -2.46. The van der Waals surface area contributed by atoms with E-state index >= 15 is 0 Å². The summed E-state index contributed by atoms with van der Waals surface area (Å²) in [4.78, 5) is 33.7. The van der Waals surface area contributed by atoms with Crippen molar-refractivity contribution in [3.63, 3.8) is 0 Å². The number of nitro benzene ring substituents is 1. The van der Waals surface area contributed by atoms with Crippen LogP contribution in [0.4, 0.5) is 15.8 Å². The highest BCUT2D eigenvalue weighted by Crippen LogP contribution is 2.26. The second kappa shape index (κ2) is 9.61. The molecule has 0 spiro atoms. The molecule has 160 valence electrons. The van der Waals surface area contributed by atoms with Gasteiger partial charge in [0.05, 0.1) is 20.5 Å². The lowest BCUT2D eigenvalue weighted by molar-refractivity contribution is -0.384. The monoisotopic (exact) mass is 459 g/mol. The van der Waals surface area contributed by atoms with Crippen LogP contribution in [0.25, 0.3) is 0 Å². The van der Waals surface area contributed by atoms with Gasteiger partial charge in [0.25, 0.3) is 11.6 Å². The number of rotatable bonds is 8. The first-order valence-corrected chi connectivity index (χ1v) is 10.1. The third kappa shape index (κ3) is 6.20. The molecule has 2 aromatic carbocycles. The minimum Gasteiger partial charge on any atom is -0.452 e. The van der Waals surface area contributed by atoms with Crippen LogP contribution in [-0.4, -0.2) is 37.9 Å². The molecule has 0 heterocycles. The van der Waals surface area contributed by atoms with Gasteiger partial charge in [0.2, 0.25) is 10.0 Å². The quantitative estimate of drug-likeness (QED) is 0.349. The number of amides is 1. The van der Waals surface area contributed by atoms with Gasteiger partial charge < -0.3 is 10.1 Å². The fraction of sp³-hybridized carbons (Fsp3) is 0.176. The van der Waals surface area contributed by atoms with Crippen LogP contribution in [0, 0.1) is 15.9 Å². The van der Waals surface area contributed by atoms with Crippen molar-refractivity contribution in [2.24, 2.45) is 0 Å². The minimum atomic E-state index is -4.08. The molecule has 0 aliphatic carbocycles. The molecule has 0 saturated heterocycles. The first-order chi connectivity index (χ1) is 14.0. The number of esters is 1. The Hall–Kier alpha value is -3.09. The van der Waals surface area contributed by atoms with Crippen molar-refractivity contribution in [1.82, 2.24) is 4.72 Å². The van der Waals surface area contributed by atoms with E-state index in [1.807, 2.05) is 4.72 Å². The number of anilines is 1. The van der Waals surface area contributed by atoms with Gasteiger partial charge >= 0.3 is 5.97 Å². The number of halogens is 2. The SMILES string of the molecule is CC(OC(=O)CNS(=O)(=O)c1ccc(F)cc1)C(=O)Nc1ccc([N+](=O)[O-])cc1Cl. The first-order valence-electron chi connectivity index (χ1n) is 8.19. The zero-order valence-electron chi connectivity index (χ0n) is 15.3. The number of hydrogen-bond donors (Lipinski definition) is 2. The molecule has 0 saturated carbocycles. The number of nitro groups is 1. The Balaban J connectivity index is 1.91. The predicted octanol–water partition coefficient (Wildman–Crippen LogP) is 2.24. The molecular formula is C17H15ClFN3O7S. The number of carbonyl (C=O) groups excluding carboxylic acids is 2. The maximum absolute atomic E-state index is 12.9. The van der Waals surface area contributed by atoms with Crippen molar-refractivity contribution in [3.8, 4) is 0 Å². The van der Waals surface area contributed by atoms with E-state index in [2.05, 4.69) is 5.32 Å². The molecule has 2 rings (SSSR count). The number of sulfonamides is 1. The topological polar surface area (TPSA) is 145 Å². The van der Waals surface area contributed by atoms with Gasteiger partial charge in [0.15, 0.2) is 6.10 Å². The maximum atomic E-state index is 12.9. The minimum absolute atomic E-state index is 0.0622. The molecule has 13 heteroatoms. The molecule has 10 nitrogen and oxygen atoms in total. The predicted molar refractivity (Wildman–Crippen MR) is 104 cm³/mol. The second-order valence-corrected chi connectivity index (χ2v) is 8.00. The van der Waals surface area contributed by atoms with Crippen molar-refractivity contribution in [2.75, 3.05) is 11.9 Å². The van der Waals surface area contributed by atoms with Crippen LogP contribution >= 0.6 is 11.6 Å². The molecule has 1 amide bonds. The summed E-state index contributed by atoms with van der Waals surface area (Å²) in [7, 11) is -4.08. The van der Waals surface area contributed by atoms with Crippen molar-refractivity contribution in [1.29, 1.82) is 0 Å². The summed E-state index contributed by atoms with van der Waals surface area (Å²) in [5.41, 5.74) is -0.210. The third-order valence-electron chi connectivity index (χ3n) is 3.63. The molecule has 1 unspecified atom stereocenters. The number of nitrogens with zero attached hydrogens (tertiary/aromatic N) is 1. The summed E-state index contributed by atoms with van der Waals surface area (Å²) in [6.07, 6.45) is -1.32. The number of non-ortho nitro benzene ring substituents is 1. The number of nitrogens with one attached hydrogen (secondary N) is 2. The van der Waals surface area contributed by atoms with Crippen molar-refractivity contribution >= 4 is 44.9 Å². The van der Waals surface area contributed by atoms with Crippen molar-refractivity contribution in [2.45, 2.75) is 17.9 Å². The fourth-order valence-corrected chi connectivity index (χ4v) is 3.29. The Morgan fingerprint density at radius 3 is 2.43 bits per heavy atom. The van der Waals surface area contributed by atoms with Gasteiger partial charge in [-0.25, -0.2) is 12.8 Å². The Kier molecular flexibility index (Phi) is 7.43. The number of ether oxygens (including phenoxy) is 1. The smallest absolute Gasteiger partial charge is 0.321 e. The van der Waals surface area contributed by atoms with Gasteiger partial charge in [-0.3, -0.25) is 19.7 Å². The van der Waals surface area contributed by atoms with Crippen LogP contribution < -0.4 is 10.0 Å². The average Bonchev–Trinajstić information content (AvgIpc) is 2.68. The first kappa shape index (κ1) is 23.2. The van der Waals surface area contributed by atoms with E-state index in [4.69, 9.17) is 16.3 Å².